The van der Waals surface area contributed by atoms with E-state index in [-0.39, 0.29) is 0 Å². The van der Waals surface area contributed by atoms with Crippen LogP contribution in [0.15, 0.2) is 0 Å². The molecule has 0 amide bonds. The number of nitrogens with zero attached hydrogens (tertiary/aromatic N) is 3. The third-order valence-electron chi connectivity index (χ3n) is 4.73. The molecular formula is C19H32N4O2S. The Balaban J connectivity index is 2.15. The van der Waals surface area contributed by atoms with E-state index in [9.17, 15) is 4.55 Å². The van der Waals surface area contributed by atoms with Crippen LogP contribution in [-0.2, 0) is 28.9 Å². The molecule has 1 atom stereocenters. The number of rotatable bonds is 11. The number of hydrogen-bond acceptors (Lipinski definition) is 5. The van der Waals surface area contributed by atoms with Gasteiger partial charge >= 0.3 is 0 Å². The van der Waals surface area contributed by atoms with Crippen LogP contribution in [0.3, 0.4) is 0 Å². The molecular weight excluding hydrogens is 348 g/mol. The van der Waals surface area contributed by atoms with Gasteiger partial charge in [0.25, 0.3) is 0 Å². The molecule has 0 saturated heterocycles. The van der Waals surface area contributed by atoms with E-state index in [2.05, 4.69) is 23.4 Å². The Hall–Kier alpha value is -1.31. The largest absolute Gasteiger partial charge is 0.616 e. The number of unbranched alkanes of at least 4 members (excludes halogenated alkanes) is 2. The highest BCUT2D eigenvalue weighted by Crippen LogP contribution is 2.26. The fourth-order valence-electron chi connectivity index (χ4n) is 3.11. The van der Waals surface area contributed by atoms with Gasteiger partial charge in [0, 0.05) is 25.8 Å². The van der Waals surface area contributed by atoms with Crippen molar-refractivity contribution in [2.45, 2.75) is 59.4 Å². The van der Waals surface area contributed by atoms with Gasteiger partial charge in [0.1, 0.15) is 22.8 Å². The summed E-state index contributed by atoms with van der Waals surface area (Å²) < 4.78 is 19.5. The summed E-state index contributed by atoms with van der Waals surface area (Å²) in [4.78, 5) is 9.16. The number of nitrogens with two attached hydrogens (primary N) is 1. The summed E-state index contributed by atoms with van der Waals surface area (Å²) in [6.45, 7) is 7.66. The van der Waals surface area contributed by atoms with E-state index in [0.717, 1.165) is 78.3 Å². The van der Waals surface area contributed by atoms with Crippen molar-refractivity contribution >= 4 is 28.0 Å². The molecule has 0 radical (unpaired) electrons. The SMILES string of the molecule is CCCC[S+]([O-])CCCCn1c(CCOC)nc2c(N)nc(C)c(C)c21. The minimum Gasteiger partial charge on any atom is -0.616 e. The van der Waals surface area contributed by atoms with Crippen molar-refractivity contribution in [3.05, 3.63) is 17.1 Å². The number of fused-ring (bicyclic) bond motifs is 1. The molecule has 2 rings (SSSR count). The molecule has 0 aliphatic rings. The standard InChI is InChI=1S/C19H32N4O2S/c1-5-6-12-26(24)13-8-7-10-23-16(9-11-25-4)22-17-18(23)14(2)15(3)21-19(17)20/h5-13H2,1-4H3,(H2,20,21). The Morgan fingerprint density at radius 1 is 1.15 bits per heavy atom. The molecule has 0 saturated carbocycles. The van der Waals surface area contributed by atoms with Crippen molar-refractivity contribution in [2.75, 3.05) is 31.0 Å². The first-order chi connectivity index (χ1) is 12.5. The summed E-state index contributed by atoms with van der Waals surface area (Å²) in [6, 6.07) is 0. The first-order valence-electron chi connectivity index (χ1n) is 9.45. The zero-order chi connectivity index (χ0) is 19.1. The van der Waals surface area contributed by atoms with Gasteiger partial charge in [-0.2, -0.15) is 0 Å². The Morgan fingerprint density at radius 2 is 1.88 bits per heavy atom. The summed E-state index contributed by atoms with van der Waals surface area (Å²) in [7, 11) is 1.70. The van der Waals surface area contributed by atoms with Gasteiger partial charge in [-0.25, -0.2) is 9.97 Å². The highest BCUT2D eigenvalue weighted by atomic mass is 32.2. The van der Waals surface area contributed by atoms with E-state index >= 15 is 0 Å². The van der Waals surface area contributed by atoms with Crippen molar-refractivity contribution in [1.29, 1.82) is 0 Å². The molecule has 1 unspecified atom stereocenters. The molecule has 7 heteroatoms. The Bertz CT molecular complexity index is 717. The molecule has 146 valence electrons. The molecule has 0 aliphatic carbocycles. The maximum atomic E-state index is 12.0. The molecule has 0 fully saturated rings. The lowest BCUT2D eigenvalue weighted by atomic mass is 10.2. The highest BCUT2D eigenvalue weighted by molar-refractivity contribution is 7.91. The average molecular weight is 381 g/mol. The summed E-state index contributed by atoms with van der Waals surface area (Å²) >= 11 is -0.692. The number of aryl methyl sites for hydroxylation is 3. The third kappa shape index (κ3) is 5.11. The maximum Gasteiger partial charge on any atom is 0.151 e. The first kappa shape index (κ1) is 21.0. The van der Waals surface area contributed by atoms with Crippen LogP contribution >= 0.6 is 0 Å². The van der Waals surface area contributed by atoms with Gasteiger partial charge in [0.05, 0.1) is 12.1 Å². The average Bonchev–Trinajstić information content (AvgIpc) is 2.99. The van der Waals surface area contributed by atoms with Gasteiger partial charge < -0.3 is 19.6 Å². The normalized spacial score (nSPS) is 12.8. The van der Waals surface area contributed by atoms with E-state index in [1.165, 1.54) is 0 Å². The number of pyridine rings is 1. The van der Waals surface area contributed by atoms with Crippen LogP contribution < -0.4 is 5.73 Å². The summed E-state index contributed by atoms with van der Waals surface area (Å²) in [6.07, 6.45) is 4.82. The van der Waals surface area contributed by atoms with E-state index < -0.39 is 11.2 Å². The highest BCUT2D eigenvalue weighted by Gasteiger charge is 2.17. The van der Waals surface area contributed by atoms with Gasteiger partial charge in [0.15, 0.2) is 5.82 Å². The fraction of sp³-hybridized carbons (Fsp3) is 0.684. The molecule has 2 aromatic rings. The van der Waals surface area contributed by atoms with Crippen LogP contribution in [0, 0.1) is 13.8 Å². The van der Waals surface area contributed by atoms with Crippen LogP contribution in [0.4, 0.5) is 5.82 Å². The second-order valence-electron chi connectivity index (χ2n) is 6.74. The van der Waals surface area contributed by atoms with E-state index in [1.807, 2.05) is 6.92 Å². The minimum atomic E-state index is -0.692. The van der Waals surface area contributed by atoms with E-state index in [0.29, 0.717) is 12.4 Å². The van der Waals surface area contributed by atoms with Crippen LogP contribution in [0.1, 0.15) is 49.7 Å². The molecule has 2 aromatic heterocycles. The maximum absolute atomic E-state index is 12.0. The molecule has 0 spiro atoms. The lowest BCUT2D eigenvalue weighted by molar-refractivity contribution is 0.199. The monoisotopic (exact) mass is 380 g/mol. The number of anilines is 1. The summed E-state index contributed by atoms with van der Waals surface area (Å²) in [5.74, 6) is 3.07. The van der Waals surface area contributed by atoms with E-state index in [4.69, 9.17) is 15.5 Å². The smallest absolute Gasteiger partial charge is 0.151 e. The third-order valence-corrected chi connectivity index (χ3v) is 6.22. The molecule has 2 heterocycles. The number of ether oxygens (including phenoxy) is 1. The van der Waals surface area contributed by atoms with Gasteiger partial charge in [0.2, 0.25) is 0 Å². The quantitative estimate of drug-likeness (QED) is 0.478. The predicted molar refractivity (Wildman–Crippen MR) is 109 cm³/mol. The number of methoxy groups -OCH3 is 1. The molecule has 0 bridgehead atoms. The summed E-state index contributed by atoms with van der Waals surface area (Å²) in [5.41, 5.74) is 10.0. The molecule has 6 nitrogen and oxygen atoms in total. The molecule has 2 N–H and O–H groups in total. The van der Waals surface area contributed by atoms with Crippen LogP contribution in [0.5, 0.6) is 0 Å². The van der Waals surface area contributed by atoms with Crippen molar-refractivity contribution in [3.63, 3.8) is 0 Å². The summed E-state index contributed by atoms with van der Waals surface area (Å²) in [5, 5.41) is 0. The van der Waals surface area contributed by atoms with Crippen molar-refractivity contribution in [2.24, 2.45) is 0 Å². The van der Waals surface area contributed by atoms with Crippen LogP contribution in [-0.4, -0.2) is 44.3 Å². The zero-order valence-electron chi connectivity index (χ0n) is 16.5. The minimum absolute atomic E-state index is 0.487. The predicted octanol–water partition coefficient (Wildman–Crippen LogP) is 3.15. The van der Waals surface area contributed by atoms with Gasteiger partial charge in [-0.15, -0.1) is 0 Å². The Labute approximate surface area is 159 Å². The zero-order valence-corrected chi connectivity index (χ0v) is 17.3. The first-order valence-corrected chi connectivity index (χ1v) is 10.9. The Kier molecular flexibility index (Phi) is 8.18. The molecule has 0 aromatic carbocycles. The lowest BCUT2D eigenvalue weighted by Gasteiger charge is -2.13. The Morgan fingerprint density at radius 3 is 2.58 bits per heavy atom. The van der Waals surface area contributed by atoms with Gasteiger partial charge in [-0.05, 0) is 38.7 Å². The molecule has 0 aliphatic heterocycles. The second-order valence-corrected chi connectivity index (χ2v) is 8.43. The lowest BCUT2D eigenvalue weighted by Crippen LogP contribution is -2.13. The van der Waals surface area contributed by atoms with E-state index in [1.54, 1.807) is 7.11 Å². The van der Waals surface area contributed by atoms with Crippen LogP contribution in [0.25, 0.3) is 11.0 Å². The topological polar surface area (TPSA) is 89.0 Å². The molecule has 26 heavy (non-hydrogen) atoms. The second kappa shape index (κ2) is 10.1. The van der Waals surface area contributed by atoms with Gasteiger partial charge in [-0.3, -0.25) is 0 Å². The number of imidazole rings is 1. The van der Waals surface area contributed by atoms with Crippen LogP contribution in [0.2, 0.25) is 0 Å². The van der Waals surface area contributed by atoms with Crippen molar-refractivity contribution < 1.29 is 9.29 Å². The number of hydrogen-bond donors (Lipinski definition) is 1. The fourth-order valence-corrected chi connectivity index (χ4v) is 4.45. The number of nitrogen functional groups attached to an aromatic ring is 1. The van der Waals surface area contributed by atoms with Crippen molar-refractivity contribution in [1.82, 2.24) is 14.5 Å². The van der Waals surface area contributed by atoms with Crippen molar-refractivity contribution in [3.8, 4) is 0 Å². The number of aromatic nitrogens is 3. The van der Waals surface area contributed by atoms with Gasteiger partial charge in [-0.1, -0.05) is 24.5 Å².